The minimum Gasteiger partial charge on any atom is -0.497 e. The average molecular weight is 396 g/mol. The number of nitrogens with one attached hydrogen (secondary N) is 1. The average Bonchev–Trinajstić information content (AvgIpc) is 3.13. The van der Waals surface area contributed by atoms with Crippen molar-refractivity contribution >= 4 is 29.2 Å². The van der Waals surface area contributed by atoms with Gasteiger partial charge in [-0.25, -0.2) is 0 Å². The zero-order valence-corrected chi connectivity index (χ0v) is 16.5. The molecule has 0 aromatic heterocycles. The van der Waals surface area contributed by atoms with Gasteiger partial charge in [0.05, 0.1) is 13.0 Å². The molecule has 0 spiro atoms. The first kappa shape index (κ1) is 20.4. The Morgan fingerprint density at radius 2 is 1.97 bits per heavy atom. The van der Waals surface area contributed by atoms with Crippen molar-refractivity contribution in [3.63, 3.8) is 0 Å². The summed E-state index contributed by atoms with van der Waals surface area (Å²) in [5.74, 6) is -1.10. The molecule has 7 heteroatoms. The fraction of sp³-hybridized carbons (Fsp3) is 0.318. The van der Waals surface area contributed by atoms with Crippen molar-refractivity contribution < 1.29 is 23.9 Å². The lowest BCUT2D eigenvalue weighted by molar-refractivity contribution is -0.151. The second-order valence-electron chi connectivity index (χ2n) is 6.78. The molecule has 2 aromatic rings. The smallest absolute Gasteiger partial charge is 0.311 e. The molecule has 7 nitrogen and oxygen atoms in total. The van der Waals surface area contributed by atoms with Gasteiger partial charge in [0.15, 0.2) is 6.61 Å². The third-order valence-electron chi connectivity index (χ3n) is 4.82. The Kier molecular flexibility index (Phi) is 6.49. The Balaban J connectivity index is 1.54. The number of benzene rings is 2. The van der Waals surface area contributed by atoms with Crippen LogP contribution in [0.2, 0.25) is 0 Å². The van der Waals surface area contributed by atoms with Crippen LogP contribution in [0.5, 0.6) is 5.75 Å². The van der Waals surface area contributed by atoms with Crippen LogP contribution in [0.3, 0.4) is 0 Å². The minimum atomic E-state index is -0.586. The van der Waals surface area contributed by atoms with E-state index in [9.17, 15) is 14.4 Å². The highest BCUT2D eigenvalue weighted by atomic mass is 16.5. The summed E-state index contributed by atoms with van der Waals surface area (Å²) in [4.78, 5) is 38.5. The number of carbonyl (C=O) groups excluding carboxylic acids is 3. The van der Waals surface area contributed by atoms with Gasteiger partial charge >= 0.3 is 5.97 Å². The van der Waals surface area contributed by atoms with Crippen molar-refractivity contribution in [3.05, 3.63) is 54.1 Å². The zero-order valence-electron chi connectivity index (χ0n) is 16.5. The van der Waals surface area contributed by atoms with E-state index < -0.39 is 24.4 Å². The predicted octanol–water partition coefficient (Wildman–Crippen LogP) is 2.79. The van der Waals surface area contributed by atoms with E-state index in [4.69, 9.17) is 9.47 Å². The summed E-state index contributed by atoms with van der Waals surface area (Å²) < 4.78 is 10.2. The Morgan fingerprint density at radius 3 is 2.72 bits per heavy atom. The second-order valence-corrected chi connectivity index (χ2v) is 6.78. The van der Waals surface area contributed by atoms with Crippen LogP contribution >= 0.6 is 0 Å². The van der Waals surface area contributed by atoms with Gasteiger partial charge < -0.3 is 19.7 Å². The van der Waals surface area contributed by atoms with Crippen LogP contribution in [0.1, 0.15) is 18.9 Å². The van der Waals surface area contributed by atoms with Crippen LogP contribution in [-0.2, 0) is 25.5 Å². The highest BCUT2D eigenvalue weighted by molar-refractivity contribution is 6.00. The van der Waals surface area contributed by atoms with E-state index >= 15 is 0 Å². The maximum atomic E-state index is 12.4. The molecule has 2 aromatic carbocycles. The van der Waals surface area contributed by atoms with E-state index in [1.807, 2.05) is 31.2 Å². The molecule has 0 unspecified atom stereocenters. The molecule has 1 fully saturated rings. The van der Waals surface area contributed by atoms with Crippen molar-refractivity contribution in [2.24, 2.45) is 5.92 Å². The van der Waals surface area contributed by atoms with Gasteiger partial charge in [0.1, 0.15) is 5.75 Å². The highest BCUT2D eigenvalue weighted by Crippen LogP contribution is 2.29. The van der Waals surface area contributed by atoms with Gasteiger partial charge in [-0.3, -0.25) is 14.4 Å². The van der Waals surface area contributed by atoms with Gasteiger partial charge in [-0.2, -0.15) is 0 Å². The summed E-state index contributed by atoms with van der Waals surface area (Å²) in [6.07, 6.45) is 0.869. The third-order valence-corrected chi connectivity index (χ3v) is 4.82. The normalized spacial score (nSPS) is 15.9. The molecular weight excluding hydrogens is 372 g/mol. The van der Waals surface area contributed by atoms with Crippen molar-refractivity contribution in [3.8, 4) is 5.75 Å². The number of methoxy groups -OCH3 is 1. The quantitative estimate of drug-likeness (QED) is 0.728. The summed E-state index contributed by atoms with van der Waals surface area (Å²) >= 11 is 0. The maximum absolute atomic E-state index is 12.4. The lowest BCUT2D eigenvalue weighted by Crippen LogP contribution is -2.28. The number of rotatable bonds is 7. The number of aryl methyl sites for hydroxylation is 1. The number of anilines is 2. The fourth-order valence-electron chi connectivity index (χ4n) is 3.32. The lowest BCUT2D eigenvalue weighted by Gasteiger charge is -2.19. The first-order valence-electron chi connectivity index (χ1n) is 9.50. The number of ether oxygens (including phenoxy) is 2. The number of nitrogens with zero attached hydrogens (tertiary/aromatic N) is 1. The van der Waals surface area contributed by atoms with E-state index in [2.05, 4.69) is 5.32 Å². The largest absolute Gasteiger partial charge is 0.497 e. The summed E-state index contributed by atoms with van der Waals surface area (Å²) in [6.45, 7) is 1.87. The lowest BCUT2D eigenvalue weighted by atomic mass is 10.1. The first-order chi connectivity index (χ1) is 14.0. The van der Waals surface area contributed by atoms with Crippen molar-refractivity contribution in [1.82, 2.24) is 0 Å². The number of para-hydroxylation sites is 1. The summed E-state index contributed by atoms with van der Waals surface area (Å²) in [6, 6.07) is 14.5. The maximum Gasteiger partial charge on any atom is 0.311 e. The topological polar surface area (TPSA) is 84.9 Å². The molecule has 2 amide bonds. The molecule has 1 saturated heterocycles. The van der Waals surface area contributed by atoms with Gasteiger partial charge in [-0.1, -0.05) is 31.2 Å². The Bertz CT molecular complexity index is 912. The van der Waals surface area contributed by atoms with Gasteiger partial charge in [0.2, 0.25) is 5.91 Å². The number of carbonyl (C=O) groups is 3. The molecule has 1 aliphatic rings. The third kappa shape index (κ3) is 4.93. The summed E-state index contributed by atoms with van der Waals surface area (Å²) in [5, 5.41) is 2.65. The van der Waals surface area contributed by atoms with Gasteiger partial charge in [-0.15, -0.1) is 0 Å². The standard InChI is InChI=1S/C22H24N2O5/c1-3-15-7-4-5-10-19(15)24-13-16(11-21(24)26)22(27)29-14-20(25)23-17-8-6-9-18(12-17)28-2/h4-10,12,16H,3,11,13-14H2,1-2H3,(H,23,25)/t16-/m0/s1. The van der Waals surface area contributed by atoms with Crippen LogP contribution in [0.15, 0.2) is 48.5 Å². The molecule has 1 atom stereocenters. The summed E-state index contributed by atoms with van der Waals surface area (Å²) in [5.41, 5.74) is 2.42. The Morgan fingerprint density at radius 1 is 1.17 bits per heavy atom. The molecule has 1 heterocycles. The molecular formula is C22H24N2O5. The van der Waals surface area contributed by atoms with Gasteiger partial charge in [0, 0.05) is 30.4 Å². The first-order valence-corrected chi connectivity index (χ1v) is 9.50. The van der Waals surface area contributed by atoms with Crippen molar-refractivity contribution in [1.29, 1.82) is 0 Å². The molecule has 152 valence electrons. The van der Waals surface area contributed by atoms with E-state index in [1.54, 1.807) is 29.2 Å². The Hall–Kier alpha value is -3.35. The van der Waals surface area contributed by atoms with Crippen LogP contribution in [0, 0.1) is 5.92 Å². The van der Waals surface area contributed by atoms with E-state index in [0.29, 0.717) is 11.4 Å². The molecule has 1 aliphatic heterocycles. The molecule has 1 N–H and O–H groups in total. The SMILES string of the molecule is CCc1ccccc1N1C[C@@H](C(=O)OCC(=O)Nc2cccc(OC)c2)CC1=O. The molecule has 29 heavy (non-hydrogen) atoms. The Labute approximate surface area is 169 Å². The monoisotopic (exact) mass is 396 g/mol. The van der Waals surface area contributed by atoms with Crippen LogP contribution in [-0.4, -0.2) is 38.0 Å². The minimum absolute atomic E-state index is 0.0778. The van der Waals surface area contributed by atoms with Crippen LogP contribution in [0.4, 0.5) is 11.4 Å². The second kappa shape index (κ2) is 9.23. The van der Waals surface area contributed by atoms with E-state index in [-0.39, 0.29) is 18.9 Å². The number of hydrogen-bond donors (Lipinski definition) is 1. The molecule has 0 aliphatic carbocycles. The zero-order chi connectivity index (χ0) is 20.8. The van der Waals surface area contributed by atoms with Gasteiger partial charge in [0.25, 0.3) is 5.91 Å². The molecule has 0 bridgehead atoms. The number of amides is 2. The van der Waals surface area contributed by atoms with Crippen LogP contribution < -0.4 is 15.0 Å². The molecule has 3 rings (SSSR count). The molecule has 0 radical (unpaired) electrons. The van der Waals surface area contributed by atoms with Crippen molar-refractivity contribution in [2.75, 3.05) is 30.5 Å². The van der Waals surface area contributed by atoms with Crippen molar-refractivity contribution in [2.45, 2.75) is 19.8 Å². The fourth-order valence-corrected chi connectivity index (χ4v) is 3.32. The number of esters is 1. The van der Waals surface area contributed by atoms with E-state index in [1.165, 1.54) is 7.11 Å². The summed E-state index contributed by atoms with van der Waals surface area (Å²) in [7, 11) is 1.54. The molecule has 0 saturated carbocycles. The van der Waals surface area contributed by atoms with Crippen LogP contribution in [0.25, 0.3) is 0 Å². The van der Waals surface area contributed by atoms with E-state index in [0.717, 1.165) is 17.7 Å². The number of hydrogen-bond acceptors (Lipinski definition) is 5. The van der Waals surface area contributed by atoms with Gasteiger partial charge in [-0.05, 0) is 30.2 Å². The predicted molar refractivity (Wildman–Crippen MR) is 109 cm³/mol. The highest BCUT2D eigenvalue weighted by Gasteiger charge is 2.37.